The summed E-state index contributed by atoms with van der Waals surface area (Å²) in [6, 6.07) is -0.627. The van der Waals surface area contributed by atoms with Crippen molar-refractivity contribution in [3.05, 3.63) is 0 Å². The molecule has 19 heavy (non-hydrogen) atoms. The minimum absolute atomic E-state index is 0.162. The number of aliphatic carboxylic acids is 1. The molecule has 0 fully saturated rings. The van der Waals surface area contributed by atoms with E-state index in [1.54, 1.807) is 20.8 Å². The van der Waals surface area contributed by atoms with Crippen LogP contribution in [0.3, 0.4) is 0 Å². The minimum Gasteiger partial charge on any atom is -0.481 e. The monoisotopic (exact) mass is 294 g/mol. The topological polar surface area (TPSA) is 95.5 Å². The molecule has 0 heterocycles. The zero-order valence-corrected chi connectivity index (χ0v) is 13.4. The third-order valence-corrected chi connectivity index (χ3v) is 3.57. The van der Waals surface area contributed by atoms with Gasteiger partial charge in [0.2, 0.25) is 0 Å². The Hall–Kier alpha value is -0.660. The summed E-state index contributed by atoms with van der Waals surface area (Å²) in [5, 5.41) is 8.85. The van der Waals surface area contributed by atoms with E-state index in [2.05, 4.69) is 9.44 Å². The van der Waals surface area contributed by atoms with Crippen LogP contribution in [-0.2, 0) is 15.0 Å². The maximum absolute atomic E-state index is 11.9. The van der Waals surface area contributed by atoms with Gasteiger partial charge in [-0.15, -0.1) is 0 Å². The summed E-state index contributed by atoms with van der Waals surface area (Å²) >= 11 is 0. The fourth-order valence-electron chi connectivity index (χ4n) is 1.76. The van der Waals surface area contributed by atoms with Gasteiger partial charge in [-0.05, 0) is 32.6 Å². The first-order valence-electron chi connectivity index (χ1n) is 6.23. The molecule has 0 aromatic rings. The van der Waals surface area contributed by atoms with Crippen LogP contribution in [0.5, 0.6) is 0 Å². The largest absolute Gasteiger partial charge is 0.481 e. The third-order valence-electron chi connectivity index (χ3n) is 2.04. The molecular weight excluding hydrogens is 268 g/mol. The van der Waals surface area contributed by atoms with E-state index in [1.807, 2.05) is 20.8 Å². The van der Waals surface area contributed by atoms with Crippen molar-refractivity contribution in [3.8, 4) is 0 Å². The van der Waals surface area contributed by atoms with E-state index in [1.165, 1.54) is 0 Å². The lowest BCUT2D eigenvalue weighted by molar-refractivity contribution is -0.137. The minimum atomic E-state index is -3.72. The summed E-state index contributed by atoms with van der Waals surface area (Å²) in [5.74, 6) is -1.02. The smallest absolute Gasteiger partial charge is 0.304 e. The highest BCUT2D eigenvalue weighted by atomic mass is 32.2. The van der Waals surface area contributed by atoms with Gasteiger partial charge in [-0.25, -0.2) is 0 Å². The van der Waals surface area contributed by atoms with Crippen LogP contribution in [0, 0.1) is 5.41 Å². The molecule has 0 aliphatic carbocycles. The second-order valence-electron chi connectivity index (χ2n) is 7.03. The van der Waals surface area contributed by atoms with Gasteiger partial charge in [-0.3, -0.25) is 4.79 Å². The van der Waals surface area contributed by atoms with Crippen LogP contribution in [0.4, 0.5) is 0 Å². The summed E-state index contributed by atoms with van der Waals surface area (Å²) in [4.78, 5) is 10.8. The average molecular weight is 294 g/mol. The van der Waals surface area contributed by atoms with Gasteiger partial charge in [0.1, 0.15) is 0 Å². The van der Waals surface area contributed by atoms with Gasteiger partial charge in [0.25, 0.3) is 10.2 Å². The molecule has 0 rings (SSSR count). The van der Waals surface area contributed by atoms with E-state index in [9.17, 15) is 13.2 Å². The van der Waals surface area contributed by atoms with E-state index >= 15 is 0 Å². The first kappa shape index (κ1) is 18.3. The van der Waals surface area contributed by atoms with Gasteiger partial charge >= 0.3 is 5.97 Å². The van der Waals surface area contributed by atoms with Crippen LogP contribution in [0.1, 0.15) is 54.4 Å². The van der Waals surface area contributed by atoms with Crippen LogP contribution in [0.2, 0.25) is 0 Å². The first-order chi connectivity index (χ1) is 8.20. The van der Waals surface area contributed by atoms with Crippen molar-refractivity contribution in [1.82, 2.24) is 9.44 Å². The molecule has 0 bridgehead atoms. The fraction of sp³-hybridized carbons (Fsp3) is 0.917. The normalized spacial score (nSPS) is 15.3. The molecule has 114 valence electrons. The SMILES string of the molecule is CC(C)(C)CC(CC(=O)O)NS(=O)(=O)NC(C)(C)C. The van der Waals surface area contributed by atoms with Gasteiger partial charge in [-0.2, -0.15) is 17.9 Å². The Bertz CT molecular complexity index is 404. The van der Waals surface area contributed by atoms with Crippen LogP contribution >= 0.6 is 0 Å². The number of hydrogen-bond acceptors (Lipinski definition) is 3. The van der Waals surface area contributed by atoms with Crippen molar-refractivity contribution in [2.45, 2.75) is 66.0 Å². The zero-order chi connectivity index (χ0) is 15.5. The third kappa shape index (κ3) is 10.9. The lowest BCUT2D eigenvalue weighted by atomic mass is 9.87. The molecule has 0 aliphatic rings. The molecule has 1 atom stereocenters. The fourth-order valence-corrected chi connectivity index (χ4v) is 3.23. The van der Waals surface area contributed by atoms with Crippen LogP contribution in [0.15, 0.2) is 0 Å². The second-order valence-corrected chi connectivity index (χ2v) is 8.48. The number of hydrogen-bond donors (Lipinski definition) is 3. The highest BCUT2D eigenvalue weighted by Crippen LogP contribution is 2.22. The summed E-state index contributed by atoms with van der Waals surface area (Å²) in [5.41, 5.74) is -0.772. The number of carboxylic acid groups (broad SMARTS) is 1. The van der Waals surface area contributed by atoms with Crippen LogP contribution in [-0.4, -0.2) is 31.1 Å². The zero-order valence-electron chi connectivity index (χ0n) is 12.6. The Kier molecular flexibility index (Phi) is 5.98. The Morgan fingerprint density at radius 2 is 1.63 bits per heavy atom. The van der Waals surface area contributed by atoms with E-state index < -0.39 is 27.8 Å². The molecule has 3 N–H and O–H groups in total. The molecule has 0 spiro atoms. The Morgan fingerprint density at radius 3 is 1.95 bits per heavy atom. The van der Waals surface area contributed by atoms with Gasteiger partial charge in [0, 0.05) is 11.6 Å². The standard InChI is InChI=1S/C12H26N2O4S/c1-11(2,3)8-9(7-10(15)16)13-19(17,18)14-12(4,5)6/h9,13-14H,7-8H2,1-6H3,(H,15,16). The van der Waals surface area contributed by atoms with Crippen molar-refractivity contribution < 1.29 is 18.3 Å². The molecule has 0 aliphatic heterocycles. The summed E-state index contributed by atoms with van der Waals surface area (Å²) in [6.45, 7) is 11.0. The molecule has 1 unspecified atom stereocenters. The van der Waals surface area contributed by atoms with Crippen molar-refractivity contribution >= 4 is 16.2 Å². The molecule has 0 saturated heterocycles. The lowest BCUT2D eigenvalue weighted by Crippen LogP contribution is -2.50. The molecule has 0 radical (unpaired) electrons. The van der Waals surface area contributed by atoms with Crippen LogP contribution < -0.4 is 9.44 Å². The molecule has 0 aromatic heterocycles. The summed E-state index contributed by atoms with van der Waals surface area (Å²) < 4.78 is 28.7. The Morgan fingerprint density at radius 1 is 1.16 bits per heavy atom. The molecule has 0 amide bonds. The van der Waals surface area contributed by atoms with Crippen molar-refractivity contribution in [2.24, 2.45) is 5.41 Å². The Labute approximate surface area is 116 Å². The van der Waals surface area contributed by atoms with E-state index in [0.717, 1.165) is 0 Å². The maximum Gasteiger partial charge on any atom is 0.304 e. The Balaban J connectivity index is 4.86. The highest BCUT2D eigenvalue weighted by molar-refractivity contribution is 7.87. The molecular formula is C12H26N2O4S. The van der Waals surface area contributed by atoms with E-state index in [-0.39, 0.29) is 11.8 Å². The number of carboxylic acids is 1. The van der Waals surface area contributed by atoms with Gasteiger partial charge in [0.15, 0.2) is 0 Å². The van der Waals surface area contributed by atoms with Gasteiger partial charge in [-0.1, -0.05) is 20.8 Å². The highest BCUT2D eigenvalue weighted by Gasteiger charge is 2.27. The number of nitrogens with one attached hydrogen (secondary N) is 2. The van der Waals surface area contributed by atoms with Crippen molar-refractivity contribution in [3.63, 3.8) is 0 Å². The predicted octanol–water partition coefficient (Wildman–Crippen LogP) is 1.49. The lowest BCUT2D eigenvalue weighted by Gasteiger charge is -2.27. The summed E-state index contributed by atoms with van der Waals surface area (Å²) in [6.07, 6.45) is 0.215. The molecule has 0 aromatic carbocycles. The van der Waals surface area contributed by atoms with Crippen molar-refractivity contribution in [1.29, 1.82) is 0 Å². The predicted molar refractivity (Wildman–Crippen MR) is 75.1 cm³/mol. The molecule has 7 heteroatoms. The van der Waals surface area contributed by atoms with Crippen LogP contribution in [0.25, 0.3) is 0 Å². The summed E-state index contributed by atoms with van der Waals surface area (Å²) in [7, 11) is -3.72. The van der Waals surface area contributed by atoms with E-state index in [0.29, 0.717) is 6.42 Å². The second kappa shape index (κ2) is 6.19. The number of carbonyl (C=O) groups is 1. The molecule has 6 nitrogen and oxygen atoms in total. The molecule has 0 saturated carbocycles. The van der Waals surface area contributed by atoms with Gasteiger partial charge in [0.05, 0.1) is 6.42 Å². The van der Waals surface area contributed by atoms with Gasteiger partial charge < -0.3 is 5.11 Å². The van der Waals surface area contributed by atoms with Crippen molar-refractivity contribution in [2.75, 3.05) is 0 Å². The maximum atomic E-state index is 11.9. The quantitative estimate of drug-likeness (QED) is 0.691. The average Bonchev–Trinajstić information content (AvgIpc) is 1.89. The first-order valence-corrected chi connectivity index (χ1v) is 7.71. The number of rotatable bonds is 6. The van der Waals surface area contributed by atoms with E-state index in [4.69, 9.17) is 5.11 Å².